The van der Waals surface area contributed by atoms with Gasteiger partial charge in [-0.2, -0.15) is 5.10 Å². The van der Waals surface area contributed by atoms with Crippen LogP contribution in [0.25, 0.3) is 0 Å². The first-order valence-corrected chi connectivity index (χ1v) is 5.06. The SMILES string of the molecule is Cn1nccc1C1CCCNCC1. The van der Waals surface area contributed by atoms with E-state index < -0.39 is 0 Å². The van der Waals surface area contributed by atoms with E-state index >= 15 is 0 Å². The number of rotatable bonds is 1. The summed E-state index contributed by atoms with van der Waals surface area (Å²) in [6, 6.07) is 2.15. The molecule has 0 aliphatic carbocycles. The van der Waals surface area contributed by atoms with Crippen molar-refractivity contribution in [3.63, 3.8) is 0 Å². The number of nitrogens with one attached hydrogen (secondary N) is 1. The summed E-state index contributed by atoms with van der Waals surface area (Å²) in [5, 5.41) is 7.65. The van der Waals surface area contributed by atoms with Gasteiger partial charge in [0.05, 0.1) is 0 Å². The number of aryl methyl sites for hydroxylation is 1. The maximum atomic E-state index is 4.22. The highest BCUT2D eigenvalue weighted by molar-refractivity contribution is 5.07. The third-order valence-corrected chi connectivity index (χ3v) is 2.85. The fourth-order valence-electron chi connectivity index (χ4n) is 2.10. The van der Waals surface area contributed by atoms with Crippen molar-refractivity contribution < 1.29 is 0 Å². The number of hydrogen-bond donors (Lipinski definition) is 1. The van der Waals surface area contributed by atoms with Crippen molar-refractivity contribution in [2.75, 3.05) is 13.1 Å². The molecule has 1 atom stereocenters. The smallest absolute Gasteiger partial charge is 0.0492 e. The first kappa shape index (κ1) is 8.75. The second-order valence-corrected chi connectivity index (χ2v) is 3.76. The van der Waals surface area contributed by atoms with Crippen molar-refractivity contribution >= 4 is 0 Å². The average Bonchev–Trinajstić information content (AvgIpc) is 2.43. The highest BCUT2D eigenvalue weighted by Crippen LogP contribution is 2.24. The largest absolute Gasteiger partial charge is 0.317 e. The van der Waals surface area contributed by atoms with Crippen LogP contribution in [0.3, 0.4) is 0 Å². The lowest BCUT2D eigenvalue weighted by atomic mass is 9.97. The Labute approximate surface area is 79.1 Å². The van der Waals surface area contributed by atoms with Gasteiger partial charge in [-0.15, -0.1) is 0 Å². The Kier molecular flexibility index (Phi) is 2.64. The van der Waals surface area contributed by atoms with E-state index in [0.29, 0.717) is 5.92 Å². The summed E-state index contributed by atoms with van der Waals surface area (Å²) >= 11 is 0. The molecule has 72 valence electrons. The molecule has 3 heteroatoms. The van der Waals surface area contributed by atoms with Gasteiger partial charge in [0.2, 0.25) is 0 Å². The second-order valence-electron chi connectivity index (χ2n) is 3.76. The number of hydrogen-bond acceptors (Lipinski definition) is 2. The van der Waals surface area contributed by atoms with Crippen molar-refractivity contribution in [2.24, 2.45) is 7.05 Å². The normalized spacial score (nSPS) is 24.2. The first-order valence-electron chi connectivity index (χ1n) is 5.06. The van der Waals surface area contributed by atoms with Gasteiger partial charge in [-0.25, -0.2) is 0 Å². The first-order chi connectivity index (χ1) is 6.38. The van der Waals surface area contributed by atoms with Gasteiger partial charge in [-0.1, -0.05) is 0 Å². The minimum absolute atomic E-state index is 0.711. The lowest BCUT2D eigenvalue weighted by Crippen LogP contribution is -2.14. The number of nitrogens with zero attached hydrogens (tertiary/aromatic N) is 2. The van der Waals surface area contributed by atoms with Crippen LogP contribution in [0, 0.1) is 0 Å². The molecule has 1 saturated heterocycles. The molecule has 0 spiro atoms. The van der Waals surface area contributed by atoms with E-state index in [1.165, 1.54) is 31.5 Å². The van der Waals surface area contributed by atoms with Crippen LogP contribution < -0.4 is 5.32 Å². The van der Waals surface area contributed by atoms with Gasteiger partial charge in [-0.3, -0.25) is 4.68 Å². The van der Waals surface area contributed by atoms with E-state index in [-0.39, 0.29) is 0 Å². The molecule has 2 rings (SSSR count). The predicted molar refractivity (Wildman–Crippen MR) is 52.7 cm³/mol. The molecule has 1 N–H and O–H groups in total. The summed E-state index contributed by atoms with van der Waals surface area (Å²) in [6.45, 7) is 2.32. The molecule has 1 fully saturated rings. The molecule has 1 aromatic heterocycles. The maximum Gasteiger partial charge on any atom is 0.0492 e. The van der Waals surface area contributed by atoms with Gasteiger partial charge in [0.15, 0.2) is 0 Å². The molecule has 3 nitrogen and oxygen atoms in total. The Morgan fingerprint density at radius 2 is 2.38 bits per heavy atom. The summed E-state index contributed by atoms with van der Waals surface area (Å²) in [7, 11) is 2.04. The van der Waals surface area contributed by atoms with Gasteiger partial charge in [0, 0.05) is 24.9 Å². The van der Waals surface area contributed by atoms with Crippen molar-refractivity contribution in [3.05, 3.63) is 18.0 Å². The lowest BCUT2D eigenvalue weighted by Gasteiger charge is -2.13. The quantitative estimate of drug-likeness (QED) is 0.703. The van der Waals surface area contributed by atoms with Crippen molar-refractivity contribution in [1.82, 2.24) is 15.1 Å². The topological polar surface area (TPSA) is 29.9 Å². The molecule has 1 unspecified atom stereocenters. The van der Waals surface area contributed by atoms with Crippen molar-refractivity contribution in [3.8, 4) is 0 Å². The third-order valence-electron chi connectivity index (χ3n) is 2.85. The highest BCUT2D eigenvalue weighted by atomic mass is 15.3. The fourth-order valence-corrected chi connectivity index (χ4v) is 2.10. The standard InChI is InChI=1S/C10H17N3/c1-13-10(5-8-12-13)9-3-2-6-11-7-4-9/h5,8-9,11H,2-4,6-7H2,1H3. The fraction of sp³-hybridized carbons (Fsp3) is 0.700. The van der Waals surface area contributed by atoms with Crippen LogP contribution in [0.1, 0.15) is 30.9 Å². The summed E-state index contributed by atoms with van der Waals surface area (Å²) in [4.78, 5) is 0. The zero-order valence-electron chi connectivity index (χ0n) is 8.16. The zero-order chi connectivity index (χ0) is 9.10. The van der Waals surface area contributed by atoms with Gasteiger partial charge in [0.1, 0.15) is 0 Å². The molecular formula is C10H17N3. The molecule has 1 aromatic rings. The highest BCUT2D eigenvalue weighted by Gasteiger charge is 2.16. The van der Waals surface area contributed by atoms with Crippen LogP contribution >= 0.6 is 0 Å². The van der Waals surface area contributed by atoms with Gasteiger partial charge < -0.3 is 5.32 Å². The van der Waals surface area contributed by atoms with Crippen LogP contribution in [0.4, 0.5) is 0 Å². The van der Waals surface area contributed by atoms with Crippen LogP contribution in [0.2, 0.25) is 0 Å². The van der Waals surface area contributed by atoms with Crippen LogP contribution in [0.15, 0.2) is 12.3 Å². The number of aromatic nitrogens is 2. The Balaban J connectivity index is 2.10. The van der Waals surface area contributed by atoms with E-state index in [2.05, 4.69) is 16.5 Å². The maximum absolute atomic E-state index is 4.22. The molecular weight excluding hydrogens is 162 g/mol. The monoisotopic (exact) mass is 179 g/mol. The Hall–Kier alpha value is -0.830. The molecule has 0 radical (unpaired) electrons. The van der Waals surface area contributed by atoms with Crippen LogP contribution in [-0.2, 0) is 7.05 Å². The van der Waals surface area contributed by atoms with Gasteiger partial charge >= 0.3 is 0 Å². The van der Waals surface area contributed by atoms with E-state index in [9.17, 15) is 0 Å². The molecule has 0 aromatic carbocycles. The molecule has 1 aliphatic rings. The third kappa shape index (κ3) is 1.91. The minimum Gasteiger partial charge on any atom is -0.317 e. The average molecular weight is 179 g/mol. The molecule has 0 amide bonds. The van der Waals surface area contributed by atoms with Crippen LogP contribution in [0.5, 0.6) is 0 Å². The van der Waals surface area contributed by atoms with Crippen molar-refractivity contribution in [1.29, 1.82) is 0 Å². The minimum atomic E-state index is 0.711. The summed E-state index contributed by atoms with van der Waals surface area (Å²) < 4.78 is 2.01. The van der Waals surface area contributed by atoms with Crippen molar-refractivity contribution in [2.45, 2.75) is 25.2 Å². The summed E-state index contributed by atoms with van der Waals surface area (Å²) in [5.41, 5.74) is 1.39. The van der Waals surface area contributed by atoms with E-state index in [4.69, 9.17) is 0 Å². The molecule has 0 saturated carbocycles. The Morgan fingerprint density at radius 1 is 1.46 bits per heavy atom. The molecule has 1 aliphatic heterocycles. The van der Waals surface area contributed by atoms with Gasteiger partial charge in [0.25, 0.3) is 0 Å². The second kappa shape index (κ2) is 3.92. The summed E-state index contributed by atoms with van der Waals surface area (Å²) in [6.07, 6.45) is 5.73. The van der Waals surface area contributed by atoms with Gasteiger partial charge in [-0.05, 0) is 38.4 Å². The van der Waals surface area contributed by atoms with E-state index in [0.717, 1.165) is 6.54 Å². The Bertz CT molecular complexity index is 259. The lowest BCUT2D eigenvalue weighted by molar-refractivity contribution is 0.553. The zero-order valence-corrected chi connectivity index (χ0v) is 8.16. The summed E-state index contributed by atoms with van der Waals surface area (Å²) in [5.74, 6) is 0.711. The van der Waals surface area contributed by atoms with E-state index in [1.54, 1.807) is 0 Å². The van der Waals surface area contributed by atoms with E-state index in [1.807, 2.05) is 17.9 Å². The molecule has 2 heterocycles. The molecule has 13 heavy (non-hydrogen) atoms. The Morgan fingerprint density at radius 3 is 3.15 bits per heavy atom. The molecule has 0 bridgehead atoms. The predicted octanol–water partition coefficient (Wildman–Crippen LogP) is 1.28. The van der Waals surface area contributed by atoms with Crippen LogP contribution in [-0.4, -0.2) is 22.9 Å².